The predicted octanol–water partition coefficient (Wildman–Crippen LogP) is 12.7. The molecule has 7 nitrogen and oxygen atoms in total. The van der Waals surface area contributed by atoms with E-state index in [1.165, 1.54) is 22.3 Å². The maximum atomic E-state index is 5.43. The zero-order valence-corrected chi connectivity index (χ0v) is 34.7. The monoisotopic (exact) mass is 737 g/mol. The normalized spacial score (nSPS) is 13.4. The van der Waals surface area contributed by atoms with Crippen LogP contribution < -0.4 is 0 Å². The van der Waals surface area contributed by atoms with Crippen LogP contribution in [0.2, 0.25) is 0 Å². The molecule has 0 radical (unpaired) electrons. The third-order valence-corrected chi connectivity index (χ3v) is 11.5. The fourth-order valence-corrected chi connectivity index (χ4v) is 7.82. The molecule has 56 heavy (non-hydrogen) atoms. The number of benzene rings is 4. The number of hydrogen-bond acceptors (Lipinski definition) is 5. The van der Waals surface area contributed by atoms with Crippen LogP contribution in [0.15, 0.2) is 78.9 Å². The Labute approximate surface area is 329 Å². The van der Waals surface area contributed by atoms with E-state index in [0.29, 0.717) is 11.6 Å². The van der Waals surface area contributed by atoms with Gasteiger partial charge in [-0.1, -0.05) is 132 Å². The van der Waals surface area contributed by atoms with E-state index >= 15 is 0 Å². The highest BCUT2D eigenvalue weighted by Crippen LogP contribution is 2.42. The van der Waals surface area contributed by atoms with E-state index in [9.17, 15) is 0 Å². The number of H-pyrrole nitrogens is 2. The molecule has 3 aromatic heterocycles. The van der Waals surface area contributed by atoms with Crippen molar-refractivity contribution >= 4 is 44.1 Å². The molecule has 0 spiro atoms. The minimum Gasteiger partial charge on any atom is -0.324 e. The molecule has 0 atom stereocenters. The van der Waals surface area contributed by atoms with Gasteiger partial charge in [-0.25, -0.2) is 24.9 Å². The van der Waals surface area contributed by atoms with Gasteiger partial charge in [0.25, 0.3) is 0 Å². The molecule has 0 unspecified atom stereocenters. The average Bonchev–Trinajstić information content (AvgIpc) is 3.84. The Morgan fingerprint density at radius 2 is 0.696 bits per heavy atom. The average molecular weight is 738 g/mol. The summed E-state index contributed by atoms with van der Waals surface area (Å²) in [4.78, 5) is 34.1. The third-order valence-electron chi connectivity index (χ3n) is 11.5. The van der Waals surface area contributed by atoms with Crippen molar-refractivity contribution in [2.75, 3.05) is 0 Å². The van der Waals surface area contributed by atoms with Crippen molar-refractivity contribution in [2.24, 2.45) is 0 Å². The molecule has 7 heteroatoms. The Bertz CT molecular complexity index is 2750. The standard InChI is InChI=1S/C49H51N7/c1-46(2,3)26-13-17-30-34(21-26)39-25-38(30)50-43-35-22-27(47(4,5)6)15-19-32(35)41(53-43)54-45-37-24-29(49(10,11)12)16-20-33(37)42(56-45)55-44-36-23-28(48(7,8)9)14-18-31(36)40(51-39)52-44/h13-25H,1-12H3,(H2,50,51,52,53,54,55,56). The van der Waals surface area contributed by atoms with Gasteiger partial charge in [-0.3, -0.25) is 0 Å². The summed E-state index contributed by atoms with van der Waals surface area (Å²) in [6.45, 7) is 26.9. The van der Waals surface area contributed by atoms with E-state index < -0.39 is 0 Å². The van der Waals surface area contributed by atoms with Gasteiger partial charge in [0.15, 0.2) is 11.6 Å². The minimum absolute atomic E-state index is 0.0408. The van der Waals surface area contributed by atoms with Crippen LogP contribution in [0.5, 0.6) is 0 Å². The molecule has 0 saturated heterocycles. The van der Waals surface area contributed by atoms with Crippen molar-refractivity contribution in [3.63, 3.8) is 0 Å². The number of nitrogens with one attached hydrogen (secondary N) is 2. The molecule has 0 amide bonds. The number of hydrogen-bond donors (Lipinski definition) is 2. The van der Waals surface area contributed by atoms with Crippen LogP contribution in [0.3, 0.4) is 0 Å². The van der Waals surface area contributed by atoms with Gasteiger partial charge in [-0.2, -0.15) is 0 Å². The first-order valence-electron chi connectivity index (χ1n) is 19.8. The van der Waals surface area contributed by atoms with Crippen LogP contribution in [-0.4, -0.2) is 34.9 Å². The Morgan fingerprint density at radius 3 is 1.21 bits per heavy atom. The Morgan fingerprint density at radius 1 is 0.321 bits per heavy atom. The Hall–Kier alpha value is -5.69. The summed E-state index contributed by atoms with van der Waals surface area (Å²) >= 11 is 0. The van der Waals surface area contributed by atoms with E-state index in [1.807, 2.05) is 0 Å². The van der Waals surface area contributed by atoms with Crippen LogP contribution >= 0.6 is 0 Å². The van der Waals surface area contributed by atoms with Crippen LogP contribution in [0.25, 0.3) is 89.4 Å². The number of fused-ring (bicyclic) bond motifs is 20. The Balaban J connectivity index is 1.47. The molecule has 1 aliphatic heterocycles. The molecule has 1 aliphatic carbocycles. The first-order valence-corrected chi connectivity index (χ1v) is 19.8. The maximum absolute atomic E-state index is 5.43. The lowest BCUT2D eigenvalue weighted by molar-refractivity contribution is 0.590. The quantitative estimate of drug-likeness (QED) is 0.161. The van der Waals surface area contributed by atoms with Gasteiger partial charge in [0, 0.05) is 43.8 Å². The SMILES string of the molecule is CC(C)(C)c1ccc2c(c1)-c1cc-2nc2[nH]c(nc3nc(nc4[nH]c(n1)c1ccc(C(C)(C)C)cc41)-c1ccc(C(C)(C)C)cc1-3)c1ccc(C(C)(C)C)cc21. The third kappa shape index (κ3) is 5.99. The zero-order chi connectivity index (χ0) is 39.7. The predicted molar refractivity (Wildman–Crippen MR) is 233 cm³/mol. The van der Waals surface area contributed by atoms with Crippen LogP contribution in [0, 0.1) is 0 Å². The van der Waals surface area contributed by atoms with Gasteiger partial charge in [0.05, 0.1) is 11.4 Å². The first kappa shape index (κ1) is 36.0. The number of aromatic nitrogens is 7. The lowest BCUT2D eigenvalue weighted by atomic mass is 9.85. The molecule has 8 bridgehead atoms. The van der Waals surface area contributed by atoms with Crippen molar-refractivity contribution in [1.82, 2.24) is 34.9 Å². The summed E-state index contributed by atoms with van der Waals surface area (Å²) in [7, 11) is 0. The molecule has 4 aromatic carbocycles. The second kappa shape index (κ2) is 11.9. The minimum atomic E-state index is -0.0616. The molecule has 2 aliphatic rings. The highest BCUT2D eigenvalue weighted by atomic mass is 15.0. The van der Waals surface area contributed by atoms with Crippen molar-refractivity contribution in [1.29, 1.82) is 0 Å². The van der Waals surface area contributed by atoms with Crippen molar-refractivity contribution in [3.05, 3.63) is 101 Å². The van der Waals surface area contributed by atoms with E-state index in [2.05, 4.69) is 172 Å². The summed E-state index contributed by atoms with van der Waals surface area (Å²) in [5, 5.41) is 4.02. The van der Waals surface area contributed by atoms with Gasteiger partial charge < -0.3 is 9.97 Å². The second-order valence-corrected chi connectivity index (χ2v) is 19.8. The summed E-state index contributed by atoms with van der Waals surface area (Å²) in [6.07, 6.45) is 0. The molecule has 9 rings (SSSR count). The van der Waals surface area contributed by atoms with Gasteiger partial charge >= 0.3 is 0 Å². The summed E-state index contributed by atoms with van der Waals surface area (Å²) in [5.41, 5.74) is 13.4. The lowest BCUT2D eigenvalue weighted by Gasteiger charge is -2.20. The van der Waals surface area contributed by atoms with Crippen LogP contribution in [0.1, 0.15) is 105 Å². The molecule has 4 heterocycles. The van der Waals surface area contributed by atoms with E-state index in [-0.39, 0.29) is 21.7 Å². The maximum Gasteiger partial charge on any atom is 0.164 e. The topological polar surface area (TPSA) is 96.0 Å². The number of aromatic amines is 2. The lowest BCUT2D eigenvalue weighted by Crippen LogP contribution is -2.10. The highest BCUT2D eigenvalue weighted by Gasteiger charge is 2.26. The summed E-state index contributed by atoms with van der Waals surface area (Å²) in [6, 6.07) is 28.7. The molecule has 0 saturated carbocycles. The van der Waals surface area contributed by atoms with Gasteiger partial charge in [0.2, 0.25) is 0 Å². The van der Waals surface area contributed by atoms with Crippen molar-refractivity contribution in [2.45, 2.75) is 105 Å². The van der Waals surface area contributed by atoms with Crippen molar-refractivity contribution < 1.29 is 0 Å². The fraction of sp³-hybridized carbons (Fsp3) is 0.327. The van der Waals surface area contributed by atoms with Crippen LogP contribution in [-0.2, 0) is 21.7 Å². The first-order chi connectivity index (χ1) is 26.2. The fourth-order valence-electron chi connectivity index (χ4n) is 7.82. The number of nitrogens with zero attached hydrogens (tertiary/aromatic N) is 5. The molecule has 7 aromatic rings. The van der Waals surface area contributed by atoms with Crippen LogP contribution in [0.4, 0.5) is 0 Å². The summed E-state index contributed by atoms with van der Waals surface area (Å²) in [5.74, 6) is 1.24. The molecular weight excluding hydrogens is 687 g/mol. The van der Waals surface area contributed by atoms with E-state index in [0.717, 1.165) is 77.8 Å². The van der Waals surface area contributed by atoms with Gasteiger partial charge in [0.1, 0.15) is 22.6 Å². The van der Waals surface area contributed by atoms with E-state index in [1.54, 1.807) is 0 Å². The second-order valence-electron chi connectivity index (χ2n) is 19.8. The van der Waals surface area contributed by atoms with Crippen molar-refractivity contribution in [3.8, 4) is 45.3 Å². The Kier molecular flexibility index (Phi) is 7.65. The van der Waals surface area contributed by atoms with Gasteiger partial charge in [-0.05, 0) is 74.2 Å². The smallest absolute Gasteiger partial charge is 0.164 e. The van der Waals surface area contributed by atoms with E-state index in [4.69, 9.17) is 24.9 Å². The zero-order valence-electron chi connectivity index (χ0n) is 34.7. The number of rotatable bonds is 0. The summed E-state index contributed by atoms with van der Waals surface area (Å²) < 4.78 is 0. The largest absolute Gasteiger partial charge is 0.324 e. The molecular formula is C49H51N7. The molecule has 0 fully saturated rings. The molecule has 282 valence electrons. The highest BCUT2D eigenvalue weighted by molar-refractivity contribution is 6.07. The molecule has 2 N–H and O–H groups in total. The van der Waals surface area contributed by atoms with Gasteiger partial charge in [-0.15, -0.1) is 0 Å².